The Bertz CT molecular complexity index is 929. The van der Waals surface area contributed by atoms with Gasteiger partial charge in [-0.25, -0.2) is 9.18 Å². The van der Waals surface area contributed by atoms with Crippen molar-refractivity contribution in [2.45, 2.75) is 19.8 Å². The van der Waals surface area contributed by atoms with Crippen molar-refractivity contribution in [1.29, 1.82) is 0 Å². The molecule has 1 atom stereocenters. The summed E-state index contributed by atoms with van der Waals surface area (Å²) in [6, 6.07) is 11.1. The third-order valence-electron chi connectivity index (χ3n) is 5.80. The number of para-hydroxylation sites is 1. The molecule has 4 rings (SSSR count). The van der Waals surface area contributed by atoms with E-state index in [0.29, 0.717) is 18.2 Å². The SMILES string of the molecule is CC(C(=O)N1CCCc2c(NC(=O)Nc3ccccc3F)cccc21)C1CNC1. The van der Waals surface area contributed by atoms with Crippen LogP contribution in [0.1, 0.15) is 18.9 Å². The van der Waals surface area contributed by atoms with Crippen LogP contribution in [-0.4, -0.2) is 31.6 Å². The van der Waals surface area contributed by atoms with Gasteiger partial charge in [-0.1, -0.05) is 25.1 Å². The summed E-state index contributed by atoms with van der Waals surface area (Å²) in [4.78, 5) is 27.3. The molecule has 29 heavy (non-hydrogen) atoms. The van der Waals surface area contributed by atoms with E-state index >= 15 is 0 Å². The molecule has 0 saturated carbocycles. The number of hydrogen-bond donors (Lipinski definition) is 3. The number of anilines is 3. The lowest BCUT2D eigenvalue weighted by Crippen LogP contribution is -2.51. The van der Waals surface area contributed by atoms with Crippen LogP contribution in [0.25, 0.3) is 0 Å². The minimum atomic E-state index is -0.513. The molecule has 0 bridgehead atoms. The average molecular weight is 396 g/mol. The standard InChI is InChI=1S/C22H25FN4O2/c1-14(15-12-24-13-15)21(28)27-11-5-6-16-18(9-4-10-20(16)27)25-22(29)26-19-8-3-2-7-17(19)23/h2-4,7-10,14-15,24H,5-6,11-13H2,1H3,(H2,25,26,29). The molecule has 3 amide bonds. The van der Waals surface area contributed by atoms with Gasteiger partial charge in [0.15, 0.2) is 0 Å². The number of amides is 3. The molecule has 3 N–H and O–H groups in total. The zero-order valence-corrected chi connectivity index (χ0v) is 16.4. The summed E-state index contributed by atoms with van der Waals surface area (Å²) >= 11 is 0. The molecule has 0 radical (unpaired) electrons. The number of carbonyl (C=O) groups is 2. The molecule has 2 aromatic carbocycles. The lowest BCUT2D eigenvalue weighted by molar-refractivity contribution is -0.124. The first-order chi connectivity index (χ1) is 14.0. The summed E-state index contributed by atoms with van der Waals surface area (Å²) in [5, 5.41) is 8.57. The number of benzene rings is 2. The molecule has 2 aliphatic heterocycles. The summed E-state index contributed by atoms with van der Waals surface area (Å²) in [6.45, 7) is 4.43. The van der Waals surface area contributed by atoms with Gasteiger partial charge >= 0.3 is 6.03 Å². The minimum absolute atomic E-state index is 0.0387. The number of fused-ring (bicyclic) bond motifs is 1. The summed E-state index contributed by atoms with van der Waals surface area (Å²) in [5.74, 6) is -0.0247. The molecule has 0 aliphatic carbocycles. The van der Waals surface area contributed by atoms with Crippen LogP contribution in [-0.2, 0) is 11.2 Å². The molecule has 1 fully saturated rings. The van der Waals surface area contributed by atoms with Gasteiger partial charge in [-0.05, 0) is 61.7 Å². The van der Waals surface area contributed by atoms with Crippen molar-refractivity contribution < 1.29 is 14.0 Å². The minimum Gasteiger partial charge on any atom is -0.316 e. The van der Waals surface area contributed by atoms with Gasteiger partial charge in [0.05, 0.1) is 5.69 Å². The maximum atomic E-state index is 13.8. The van der Waals surface area contributed by atoms with Crippen LogP contribution in [0.5, 0.6) is 0 Å². The van der Waals surface area contributed by atoms with E-state index in [-0.39, 0.29) is 17.5 Å². The Kier molecular flexibility index (Phi) is 5.49. The van der Waals surface area contributed by atoms with Crippen molar-refractivity contribution in [3.63, 3.8) is 0 Å². The van der Waals surface area contributed by atoms with Crippen LogP contribution in [0.2, 0.25) is 0 Å². The molecule has 7 heteroatoms. The molecule has 2 heterocycles. The fourth-order valence-electron chi connectivity index (χ4n) is 3.92. The molecular weight excluding hydrogens is 371 g/mol. The van der Waals surface area contributed by atoms with E-state index in [4.69, 9.17) is 0 Å². The van der Waals surface area contributed by atoms with Gasteiger partial charge in [0.25, 0.3) is 0 Å². The van der Waals surface area contributed by atoms with Crippen molar-refractivity contribution in [3.8, 4) is 0 Å². The predicted molar refractivity (Wildman–Crippen MR) is 112 cm³/mol. The number of rotatable bonds is 4. The number of hydrogen-bond acceptors (Lipinski definition) is 3. The van der Waals surface area contributed by atoms with E-state index in [1.807, 2.05) is 30.0 Å². The Morgan fingerprint density at radius 2 is 1.83 bits per heavy atom. The molecule has 152 valence electrons. The third-order valence-corrected chi connectivity index (χ3v) is 5.80. The lowest BCUT2D eigenvalue weighted by atomic mass is 9.87. The van der Waals surface area contributed by atoms with E-state index in [1.165, 1.54) is 12.1 Å². The van der Waals surface area contributed by atoms with Gasteiger partial charge in [-0.3, -0.25) is 4.79 Å². The van der Waals surface area contributed by atoms with Gasteiger partial charge in [-0.2, -0.15) is 0 Å². The van der Waals surface area contributed by atoms with Gasteiger partial charge in [-0.15, -0.1) is 0 Å². The van der Waals surface area contributed by atoms with Crippen LogP contribution in [0, 0.1) is 17.7 Å². The maximum absolute atomic E-state index is 13.8. The molecule has 6 nitrogen and oxygen atoms in total. The Labute approximate surface area is 169 Å². The second-order valence-electron chi connectivity index (χ2n) is 7.66. The van der Waals surface area contributed by atoms with E-state index in [2.05, 4.69) is 16.0 Å². The van der Waals surface area contributed by atoms with Gasteiger partial charge in [0.2, 0.25) is 5.91 Å². The zero-order valence-electron chi connectivity index (χ0n) is 16.4. The predicted octanol–water partition coefficient (Wildman–Crippen LogP) is 3.60. The highest BCUT2D eigenvalue weighted by atomic mass is 19.1. The highest BCUT2D eigenvalue weighted by Crippen LogP contribution is 2.34. The highest BCUT2D eigenvalue weighted by Gasteiger charge is 2.34. The number of carbonyl (C=O) groups excluding carboxylic acids is 2. The fraction of sp³-hybridized carbons (Fsp3) is 0.364. The molecule has 0 spiro atoms. The van der Waals surface area contributed by atoms with E-state index in [9.17, 15) is 14.0 Å². The second-order valence-corrected chi connectivity index (χ2v) is 7.66. The lowest BCUT2D eigenvalue weighted by Gasteiger charge is -2.37. The third kappa shape index (κ3) is 3.96. The van der Waals surface area contributed by atoms with Crippen molar-refractivity contribution in [2.24, 2.45) is 11.8 Å². The summed E-state index contributed by atoms with van der Waals surface area (Å²) in [5.41, 5.74) is 2.56. The Morgan fingerprint density at radius 3 is 2.55 bits per heavy atom. The first-order valence-electron chi connectivity index (χ1n) is 10.0. The molecular formula is C22H25FN4O2. The van der Waals surface area contributed by atoms with Gasteiger partial charge < -0.3 is 20.9 Å². The topological polar surface area (TPSA) is 73.5 Å². The summed E-state index contributed by atoms with van der Waals surface area (Å²) in [7, 11) is 0. The van der Waals surface area contributed by atoms with Crippen LogP contribution >= 0.6 is 0 Å². The average Bonchev–Trinajstić information content (AvgIpc) is 2.67. The Morgan fingerprint density at radius 1 is 1.10 bits per heavy atom. The van der Waals surface area contributed by atoms with Crippen LogP contribution < -0.4 is 20.9 Å². The summed E-state index contributed by atoms with van der Waals surface area (Å²) < 4.78 is 13.8. The van der Waals surface area contributed by atoms with Crippen molar-refractivity contribution in [1.82, 2.24) is 5.32 Å². The van der Waals surface area contributed by atoms with Crippen molar-refractivity contribution in [3.05, 3.63) is 53.8 Å². The molecule has 2 aromatic rings. The number of nitrogens with zero attached hydrogens (tertiary/aromatic N) is 1. The van der Waals surface area contributed by atoms with Crippen molar-refractivity contribution >= 4 is 29.0 Å². The molecule has 0 aromatic heterocycles. The van der Waals surface area contributed by atoms with Crippen LogP contribution in [0.15, 0.2) is 42.5 Å². The van der Waals surface area contributed by atoms with Gasteiger partial charge in [0, 0.05) is 23.8 Å². The van der Waals surface area contributed by atoms with Crippen LogP contribution in [0.4, 0.5) is 26.2 Å². The zero-order chi connectivity index (χ0) is 20.4. The van der Waals surface area contributed by atoms with Gasteiger partial charge in [0.1, 0.15) is 5.82 Å². The van der Waals surface area contributed by atoms with E-state index in [1.54, 1.807) is 12.1 Å². The highest BCUT2D eigenvalue weighted by molar-refractivity contribution is 6.02. The maximum Gasteiger partial charge on any atom is 0.323 e. The van der Waals surface area contributed by atoms with Crippen molar-refractivity contribution in [2.75, 3.05) is 35.2 Å². The summed E-state index contributed by atoms with van der Waals surface area (Å²) in [6.07, 6.45) is 1.61. The second kappa shape index (κ2) is 8.21. The number of halogens is 1. The quantitative estimate of drug-likeness (QED) is 0.739. The fourth-order valence-corrected chi connectivity index (χ4v) is 3.92. The monoisotopic (exact) mass is 396 g/mol. The Balaban J connectivity index is 1.52. The Hall–Kier alpha value is -2.93. The first kappa shape index (κ1) is 19.4. The molecule has 1 saturated heterocycles. The number of nitrogens with one attached hydrogen (secondary N) is 3. The molecule has 1 unspecified atom stereocenters. The molecule has 2 aliphatic rings. The van der Waals surface area contributed by atoms with Crippen LogP contribution in [0.3, 0.4) is 0 Å². The van der Waals surface area contributed by atoms with E-state index < -0.39 is 11.8 Å². The normalized spacial score (nSPS) is 17.1. The number of urea groups is 1. The largest absolute Gasteiger partial charge is 0.323 e. The van der Waals surface area contributed by atoms with E-state index in [0.717, 1.165) is 37.2 Å². The smallest absolute Gasteiger partial charge is 0.316 e. The first-order valence-corrected chi connectivity index (χ1v) is 10.0.